The van der Waals surface area contributed by atoms with E-state index in [-0.39, 0.29) is 23.2 Å². The van der Waals surface area contributed by atoms with Crippen molar-refractivity contribution < 1.29 is 14.3 Å². The summed E-state index contributed by atoms with van der Waals surface area (Å²) in [7, 11) is 1.67. The number of ether oxygens (including phenoxy) is 1. The van der Waals surface area contributed by atoms with Crippen molar-refractivity contribution in [3.63, 3.8) is 0 Å². The van der Waals surface area contributed by atoms with E-state index < -0.39 is 12.6 Å². The van der Waals surface area contributed by atoms with E-state index >= 15 is 0 Å². The zero-order valence-corrected chi connectivity index (χ0v) is 17.4. The third-order valence-electron chi connectivity index (χ3n) is 5.08. The molecule has 0 aliphatic rings. The second-order valence-electron chi connectivity index (χ2n) is 7.09. The molecule has 1 aromatic heterocycles. The van der Waals surface area contributed by atoms with Crippen LogP contribution in [-0.4, -0.2) is 40.2 Å². The first-order valence-electron chi connectivity index (χ1n) is 9.91. The zero-order chi connectivity index (χ0) is 21.7. The van der Waals surface area contributed by atoms with E-state index in [9.17, 15) is 14.4 Å². The maximum atomic E-state index is 12.7. The van der Waals surface area contributed by atoms with Gasteiger partial charge in [0.2, 0.25) is 0 Å². The second kappa shape index (κ2) is 9.35. The topological polar surface area (TPSA) is 81.5 Å². The van der Waals surface area contributed by atoms with E-state index in [2.05, 4.69) is 5.10 Å². The molecule has 1 heterocycles. The van der Waals surface area contributed by atoms with Crippen molar-refractivity contribution in [2.45, 2.75) is 32.9 Å². The van der Waals surface area contributed by atoms with Crippen LogP contribution in [0.4, 0.5) is 0 Å². The average molecular weight is 407 g/mol. The molecule has 0 saturated carbocycles. The molecule has 0 saturated heterocycles. The number of esters is 1. The average Bonchev–Trinajstić information content (AvgIpc) is 2.78. The number of benzene rings is 2. The van der Waals surface area contributed by atoms with Gasteiger partial charge in [0.25, 0.3) is 11.5 Å². The number of likely N-dealkylation sites (N-methyl/N-ethyl adjacent to an activating group) is 1. The first kappa shape index (κ1) is 21.2. The minimum Gasteiger partial charge on any atom is -0.451 e. The highest BCUT2D eigenvalue weighted by molar-refractivity contribution is 6.02. The van der Waals surface area contributed by atoms with Crippen molar-refractivity contribution in [1.29, 1.82) is 0 Å². The van der Waals surface area contributed by atoms with Crippen LogP contribution in [0.15, 0.2) is 59.4 Å². The fourth-order valence-electron chi connectivity index (χ4n) is 3.22. The molecule has 0 aliphatic carbocycles. The fraction of sp³-hybridized carbons (Fsp3) is 0.304. The highest BCUT2D eigenvalue weighted by Gasteiger charge is 2.22. The molecule has 0 N–H and O–H groups in total. The SMILES string of the molecule is CCCn1nc(C(=O)OCC(=O)N(C)C(C)c2ccccc2)c2ccccc2c1=O. The molecule has 30 heavy (non-hydrogen) atoms. The van der Waals surface area contributed by atoms with Crippen molar-refractivity contribution in [3.8, 4) is 0 Å². The van der Waals surface area contributed by atoms with E-state index in [0.717, 1.165) is 5.56 Å². The van der Waals surface area contributed by atoms with Gasteiger partial charge in [0.05, 0.1) is 11.4 Å². The van der Waals surface area contributed by atoms with Gasteiger partial charge in [-0.2, -0.15) is 5.10 Å². The summed E-state index contributed by atoms with van der Waals surface area (Å²) in [5.74, 6) is -1.06. The van der Waals surface area contributed by atoms with Crippen LogP contribution in [0.2, 0.25) is 0 Å². The van der Waals surface area contributed by atoms with Crippen LogP contribution in [0, 0.1) is 0 Å². The van der Waals surface area contributed by atoms with E-state index in [1.807, 2.05) is 44.2 Å². The Labute approximate surface area is 174 Å². The van der Waals surface area contributed by atoms with Gasteiger partial charge in [0.1, 0.15) is 0 Å². The van der Waals surface area contributed by atoms with Gasteiger partial charge in [-0.25, -0.2) is 9.48 Å². The van der Waals surface area contributed by atoms with Crippen molar-refractivity contribution in [1.82, 2.24) is 14.7 Å². The third kappa shape index (κ3) is 4.40. The molecule has 0 spiro atoms. The van der Waals surface area contributed by atoms with Crippen molar-refractivity contribution >= 4 is 22.6 Å². The van der Waals surface area contributed by atoms with E-state index in [4.69, 9.17) is 4.74 Å². The quantitative estimate of drug-likeness (QED) is 0.562. The molecule has 1 amide bonds. The number of carbonyl (C=O) groups is 2. The van der Waals surface area contributed by atoms with Gasteiger partial charge in [0, 0.05) is 19.0 Å². The molecular formula is C23H25N3O4. The molecule has 2 aromatic carbocycles. The van der Waals surface area contributed by atoms with Crippen molar-refractivity contribution in [2.24, 2.45) is 0 Å². The molecule has 3 rings (SSSR count). The zero-order valence-electron chi connectivity index (χ0n) is 17.4. The Kier molecular flexibility index (Phi) is 6.61. The van der Waals surface area contributed by atoms with Crippen LogP contribution in [0.3, 0.4) is 0 Å². The fourth-order valence-corrected chi connectivity index (χ4v) is 3.22. The Hall–Kier alpha value is -3.48. The highest BCUT2D eigenvalue weighted by Crippen LogP contribution is 2.19. The van der Waals surface area contributed by atoms with Gasteiger partial charge in [0.15, 0.2) is 12.3 Å². The number of aromatic nitrogens is 2. The van der Waals surface area contributed by atoms with Gasteiger partial charge >= 0.3 is 5.97 Å². The normalized spacial score (nSPS) is 11.8. The van der Waals surface area contributed by atoms with Crippen LogP contribution in [0.1, 0.15) is 42.4 Å². The number of fused-ring (bicyclic) bond motifs is 1. The third-order valence-corrected chi connectivity index (χ3v) is 5.08. The van der Waals surface area contributed by atoms with Gasteiger partial charge in [-0.3, -0.25) is 9.59 Å². The number of amides is 1. The summed E-state index contributed by atoms with van der Waals surface area (Å²) in [6, 6.07) is 16.2. The van der Waals surface area contributed by atoms with Gasteiger partial charge in [-0.05, 0) is 25.0 Å². The summed E-state index contributed by atoms with van der Waals surface area (Å²) in [5.41, 5.74) is 0.765. The molecule has 0 fully saturated rings. The van der Waals surface area contributed by atoms with Gasteiger partial charge in [-0.1, -0.05) is 55.5 Å². The molecular weight excluding hydrogens is 382 g/mol. The molecule has 1 atom stereocenters. The van der Waals surface area contributed by atoms with Crippen molar-refractivity contribution in [3.05, 3.63) is 76.2 Å². The lowest BCUT2D eigenvalue weighted by atomic mass is 10.1. The van der Waals surface area contributed by atoms with Crippen LogP contribution in [0.25, 0.3) is 10.8 Å². The summed E-state index contributed by atoms with van der Waals surface area (Å²) in [5, 5.41) is 5.01. The number of hydrogen-bond acceptors (Lipinski definition) is 5. The molecule has 0 bridgehead atoms. The first-order valence-corrected chi connectivity index (χ1v) is 9.91. The molecule has 0 radical (unpaired) electrons. The van der Waals surface area contributed by atoms with E-state index in [1.54, 1.807) is 31.3 Å². The lowest BCUT2D eigenvalue weighted by Gasteiger charge is -2.25. The Morgan fingerprint density at radius 2 is 1.70 bits per heavy atom. The van der Waals surface area contributed by atoms with Crippen LogP contribution >= 0.6 is 0 Å². The first-order chi connectivity index (χ1) is 14.4. The summed E-state index contributed by atoms with van der Waals surface area (Å²) >= 11 is 0. The molecule has 3 aromatic rings. The molecule has 1 unspecified atom stereocenters. The summed E-state index contributed by atoms with van der Waals surface area (Å²) in [4.78, 5) is 39.4. The predicted molar refractivity (Wildman–Crippen MR) is 114 cm³/mol. The minimum atomic E-state index is -0.731. The van der Waals surface area contributed by atoms with Crippen LogP contribution in [-0.2, 0) is 16.1 Å². The Bertz CT molecular complexity index is 1110. The van der Waals surface area contributed by atoms with E-state index in [0.29, 0.717) is 23.7 Å². The Morgan fingerprint density at radius 3 is 2.37 bits per heavy atom. The number of hydrogen-bond donors (Lipinski definition) is 0. The lowest BCUT2D eigenvalue weighted by Crippen LogP contribution is -2.34. The standard InChI is InChI=1S/C23H25N3O4/c1-4-14-26-22(28)19-13-9-8-12-18(19)21(24-26)23(29)30-15-20(27)25(3)16(2)17-10-6-5-7-11-17/h5-13,16H,4,14-15H2,1-3H3. The molecule has 7 heteroatoms. The highest BCUT2D eigenvalue weighted by atomic mass is 16.5. The largest absolute Gasteiger partial charge is 0.451 e. The predicted octanol–water partition coefficient (Wildman–Crippen LogP) is 3.18. The number of nitrogens with zero attached hydrogens (tertiary/aromatic N) is 3. The lowest BCUT2D eigenvalue weighted by molar-refractivity contribution is -0.135. The van der Waals surface area contributed by atoms with Gasteiger partial charge < -0.3 is 9.64 Å². The Balaban J connectivity index is 1.78. The van der Waals surface area contributed by atoms with Crippen LogP contribution < -0.4 is 5.56 Å². The molecule has 156 valence electrons. The monoisotopic (exact) mass is 407 g/mol. The second-order valence-corrected chi connectivity index (χ2v) is 7.09. The summed E-state index contributed by atoms with van der Waals surface area (Å²) in [6.07, 6.45) is 0.695. The molecule has 0 aliphatic heterocycles. The maximum Gasteiger partial charge on any atom is 0.359 e. The number of rotatable bonds is 7. The van der Waals surface area contributed by atoms with Crippen LogP contribution in [0.5, 0.6) is 0 Å². The van der Waals surface area contributed by atoms with Gasteiger partial charge in [-0.15, -0.1) is 0 Å². The smallest absolute Gasteiger partial charge is 0.359 e. The van der Waals surface area contributed by atoms with E-state index in [1.165, 1.54) is 9.58 Å². The minimum absolute atomic E-state index is 0.0326. The number of carbonyl (C=O) groups excluding carboxylic acids is 2. The summed E-state index contributed by atoms with van der Waals surface area (Å²) in [6.45, 7) is 3.81. The summed E-state index contributed by atoms with van der Waals surface area (Å²) < 4.78 is 6.54. The maximum absolute atomic E-state index is 12.7. The Morgan fingerprint density at radius 1 is 1.07 bits per heavy atom. The molecule has 7 nitrogen and oxygen atoms in total. The number of aryl methyl sites for hydroxylation is 1. The van der Waals surface area contributed by atoms with Crippen molar-refractivity contribution in [2.75, 3.05) is 13.7 Å².